The number of carbonyl (C=O) groups is 2. The fourth-order valence-electron chi connectivity index (χ4n) is 3.33. The number of nitrogens with zero attached hydrogens (tertiary/aromatic N) is 2. The summed E-state index contributed by atoms with van der Waals surface area (Å²) in [5.41, 5.74) is 0.559. The van der Waals surface area contributed by atoms with Gasteiger partial charge in [-0.2, -0.15) is 0 Å². The number of piperidine rings is 1. The van der Waals surface area contributed by atoms with E-state index in [1.54, 1.807) is 11.0 Å². The smallest absolute Gasteiger partial charge is 0.257 e. The first-order chi connectivity index (χ1) is 11.3. The van der Waals surface area contributed by atoms with E-state index in [4.69, 9.17) is 4.42 Å². The van der Waals surface area contributed by atoms with E-state index in [0.29, 0.717) is 25.2 Å². The van der Waals surface area contributed by atoms with Gasteiger partial charge in [-0.1, -0.05) is 13.8 Å². The lowest BCUT2D eigenvalue weighted by Crippen LogP contribution is -2.47. The summed E-state index contributed by atoms with van der Waals surface area (Å²) in [6.07, 6.45) is 4.63. The summed E-state index contributed by atoms with van der Waals surface area (Å²) < 4.78 is 4.98. The van der Waals surface area contributed by atoms with Crippen LogP contribution in [0, 0.1) is 11.3 Å². The lowest BCUT2D eigenvalue weighted by Gasteiger charge is -2.33. The van der Waals surface area contributed by atoms with Crippen LogP contribution in [-0.2, 0) is 4.79 Å². The molecule has 0 unspecified atom stereocenters. The molecule has 0 aromatic carbocycles. The highest BCUT2D eigenvalue weighted by atomic mass is 16.3. The van der Waals surface area contributed by atoms with E-state index in [-0.39, 0.29) is 23.1 Å². The van der Waals surface area contributed by atoms with Crippen LogP contribution >= 0.6 is 0 Å². The molecule has 2 amide bonds. The number of likely N-dealkylation sites (tertiary alicyclic amines) is 1. The SMILES string of the molecule is CN(C)CC(C)(C)CNC(=O)[C@@H]1CCCN(C(=O)c2ccoc2)C1. The van der Waals surface area contributed by atoms with Gasteiger partial charge in [0.25, 0.3) is 5.91 Å². The van der Waals surface area contributed by atoms with E-state index < -0.39 is 0 Å². The van der Waals surface area contributed by atoms with Crippen LogP contribution in [0.25, 0.3) is 0 Å². The van der Waals surface area contributed by atoms with Crippen LogP contribution in [0.1, 0.15) is 37.0 Å². The minimum atomic E-state index is -0.134. The summed E-state index contributed by atoms with van der Waals surface area (Å²) in [4.78, 5) is 28.8. The van der Waals surface area contributed by atoms with E-state index in [9.17, 15) is 9.59 Å². The van der Waals surface area contributed by atoms with Gasteiger partial charge in [-0.25, -0.2) is 0 Å². The maximum atomic E-state index is 12.5. The number of amides is 2. The van der Waals surface area contributed by atoms with Gasteiger partial charge in [0.05, 0.1) is 17.7 Å². The highest BCUT2D eigenvalue weighted by Crippen LogP contribution is 2.20. The Morgan fingerprint density at radius 2 is 2.17 bits per heavy atom. The van der Waals surface area contributed by atoms with Crippen molar-refractivity contribution in [2.75, 3.05) is 40.3 Å². The highest BCUT2D eigenvalue weighted by molar-refractivity contribution is 5.94. The third-order valence-corrected chi connectivity index (χ3v) is 4.33. The summed E-state index contributed by atoms with van der Waals surface area (Å²) in [6, 6.07) is 1.66. The molecule has 0 aliphatic carbocycles. The molecule has 1 saturated heterocycles. The van der Waals surface area contributed by atoms with Crippen molar-refractivity contribution in [2.45, 2.75) is 26.7 Å². The zero-order valence-corrected chi connectivity index (χ0v) is 15.2. The van der Waals surface area contributed by atoms with Crippen molar-refractivity contribution < 1.29 is 14.0 Å². The Morgan fingerprint density at radius 3 is 2.79 bits per heavy atom. The van der Waals surface area contributed by atoms with Crippen LogP contribution < -0.4 is 5.32 Å². The quantitative estimate of drug-likeness (QED) is 0.861. The fourth-order valence-corrected chi connectivity index (χ4v) is 3.33. The first-order valence-electron chi connectivity index (χ1n) is 8.52. The summed E-state index contributed by atoms with van der Waals surface area (Å²) in [6.45, 7) is 6.99. The molecule has 1 atom stereocenters. The second kappa shape index (κ2) is 7.83. The number of hydrogen-bond donors (Lipinski definition) is 1. The molecule has 1 aliphatic rings. The van der Waals surface area contributed by atoms with Crippen molar-refractivity contribution in [3.63, 3.8) is 0 Å². The van der Waals surface area contributed by atoms with Gasteiger partial charge in [-0.05, 0) is 38.4 Å². The zero-order valence-electron chi connectivity index (χ0n) is 15.2. The molecule has 1 N–H and O–H groups in total. The third kappa shape index (κ3) is 5.09. The highest BCUT2D eigenvalue weighted by Gasteiger charge is 2.30. The molecular weight excluding hydrogens is 306 g/mol. The molecule has 1 aromatic rings. The van der Waals surface area contributed by atoms with Gasteiger partial charge in [0, 0.05) is 26.2 Å². The van der Waals surface area contributed by atoms with Crippen LogP contribution in [-0.4, -0.2) is 61.9 Å². The van der Waals surface area contributed by atoms with Crippen molar-refractivity contribution >= 4 is 11.8 Å². The van der Waals surface area contributed by atoms with E-state index in [2.05, 4.69) is 24.1 Å². The second-order valence-corrected chi connectivity index (χ2v) is 7.72. The van der Waals surface area contributed by atoms with Crippen LogP contribution in [0.3, 0.4) is 0 Å². The number of nitrogens with one attached hydrogen (secondary N) is 1. The molecule has 134 valence electrons. The Balaban J connectivity index is 1.87. The minimum Gasteiger partial charge on any atom is -0.472 e. The monoisotopic (exact) mass is 335 g/mol. The molecule has 0 saturated carbocycles. The topological polar surface area (TPSA) is 65.8 Å². The lowest BCUT2D eigenvalue weighted by molar-refractivity contribution is -0.126. The van der Waals surface area contributed by atoms with Crippen molar-refractivity contribution in [1.29, 1.82) is 0 Å². The van der Waals surface area contributed by atoms with Crippen molar-refractivity contribution in [3.05, 3.63) is 24.2 Å². The first-order valence-corrected chi connectivity index (χ1v) is 8.52. The number of furan rings is 1. The van der Waals surface area contributed by atoms with Crippen molar-refractivity contribution in [1.82, 2.24) is 15.1 Å². The predicted octanol–water partition coefficient (Wildman–Crippen LogP) is 1.84. The van der Waals surface area contributed by atoms with Gasteiger partial charge < -0.3 is 19.5 Å². The van der Waals surface area contributed by atoms with Crippen molar-refractivity contribution in [2.24, 2.45) is 11.3 Å². The molecule has 24 heavy (non-hydrogen) atoms. The summed E-state index contributed by atoms with van der Waals surface area (Å²) >= 11 is 0. The molecular formula is C18H29N3O3. The minimum absolute atomic E-state index is 0.0140. The van der Waals surface area contributed by atoms with Gasteiger partial charge in [0.15, 0.2) is 0 Å². The van der Waals surface area contributed by atoms with Gasteiger partial charge in [-0.3, -0.25) is 9.59 Å². The van der Waals surface area contributed by atoms with E-state index in [0.717, 1.165) is 19.4 Å². The third-order valence-electron chi connectivity index (χ3n) is 4.33. The lowest BCUT2D eigenvalue weighted by atomic mass is 9.91. The van der Waals surface area contributed by atoms with Crippen LogP contribution in [0.15, 0.2) is 23.0 Å². The Hall–Kier alpha value is -1.82. The molecule has 6 heteroatoms. The van der Waals surface area contributed by atoms with Gasteiger partial charge in [0.1, 0.15) is 6.26 Å². The molecule has 1 aliphatic heterocycles. The van der Waals surface area contributed by atoms with Crippen LogP contribution in [0.5, 0.6) is 0 Å². The van der Waals surface area contributed by atoms with Gasteiger partial charge >= 0.3 is 0 Å². The standard InChI is InChI=1S/C18H29N3O3/c1-18(2,13-20(3)4)12-19-16(22)14-6-5-8-21(10-14)17(23)15-7-9-24-11-15/h7,9,11,14H,5-6,8,10,12-13H2,1-4H3,(H,19,22)/t14-/m1/s1. The molecule has 0 radical (unpaired) electrons. The number of hydrogen-bond acceptors (Lipinski definition) is 4. The Bertz CT molecular complexity index is 552. The summed E-state index contributed by atoms with van der Waals surface area (Å²) in [7, 11) is 4.06. The van der Waals surface area contributed by atoms with Crippen molar-refractivity contribution in [3.8, 4) is 0 Å². The number of carbonyl (C=O) groups excluding carboxylic acids is 2. The van der Waals surface area contributed by atoms with Crippen LogP contribution in [0.4, 0.5) is 0 Å². The largest absolute Gasteiger partial charge is 0.472 e. The average Bonchev–Trinajstić information content (AvgIpc) is 3.05. The first kappa shape index (κ1) is 18.5. The molecule has 0 bridgehead atoms. The molecule has 1 fully saturated rings. The zero-order chi connectivity index (χ0) is 17.7. The molecule has 2 rings (SSSR count). The Kier molecular flexibility index (Phi) is 6.04. The van der Waals surface area contributed by atoms with Crippen LogP contribution in [0.2, 0.25) is 0 Å². The Labute approximate surface area is 144 Å². The maximum Gasteiger partial charge on any atom is 0.257 e. The van der Waals surface area contributed by atoms with Gasteiger partial charge in [-0.15, -0.1) is 0 Å². The predicted molar refractivity (Wildman–Crippen MR) is 92.7 cm³/mol. The number of rotatable bonds is 6. The maximum absolute atomic E-state index is 12.5. The second-order valence-electron chi connectivity index (χ2n) is 7.72. The average molecular weight is 335 g/mol. The summed E-state index contributed by atoms with van der Waals surface area (Å²) in [5.74, 6) is -0.148. The van der Waals surface area contributed by atoms with E-state index in [1.165, 1.54) is 12.5 Å². The molecule has 0 spiro atoms. The molecule has 2 heterocycles. The fraction of sp³-hybridized carbons (Fsp3) is 0.667. The Morgan fingerprint density at radius 1 is 1.42 bits per heavy atom. The van der Waals surface area contributed by atoms with Gasteiger partial charge in [0.2, 0.25) is 5.91 Å². The van der Waals surface area contributed by atoms with E-state index in [1.807, 2.05) is 14.1 Å². The molecule has 1 aromatic heterocycles. The molecule has 6 nitrogen and oxygen atoms in total. The normalized spacial score (nSPS) is 18.7. The summed E-state index contributed by atoms with van der Waals surface area (Å²) in [5, 5.41) is 3.07. The van der Waals surface area contributed by atoms with E-state index >= 15 is 0 Å².